The maximum absolute atomic E-state index is 5.13. The number of hydrogen-bond donors (Lipinski definition) is 0. The fourth-order valence-electron chi connectivity index (χ4n) is 7.40. The van der Waals surface area contributed by atoms with Gasteiger partial charge in [-0.15, -0.1) is 11.3 Å². The normalized spacial score (nSPS) is 14.1. The Hall–Kier alpha value is -5.32. The monoisotopic (exact) mass is 639 g/mol. The minimum absolute atomic E-state index is 0.174. The van der Waals surface area contributed by atoms with Crippen molar-refractivity contribution in [3.05, 3.63) is 150 Å². The molecule has 0 saturated heterocycles. The fraction of sp³-hybridized carbons (Fsp3) is 0.136. The predicted molar refractivity (Wildman–Crippen MR) is 207 cm³/mol. The lowest BCUT2D eigenvalue weighted by Crippen LogP contribution is -2.26. The van der Waals surface area contributed by atoms with Crippen LogP contribution in [-0.2, 0) is 5.41 Å². The van der Waals surface area contributed by atoms with Crippen molar-refractivity contribution in [2.24, 2.45) is 0 Å². The Bertz CT molecular complexity index is 2530. The minimum Gasteiger partial charge on any atom is -0.307 e. The SMILES string of the molecule is C=C/C=C\C(=C/C)c1nc(-c2cccc(-c3ccc4c(c3)C(C)(C)c3cccc5c6sc7ccccc7c6n-4c35)c2)nc(/C=C\C)c1C. The van der Waals surface area contributed by atoms with Gasteiger partial charge < -0.3 is 4.57 Å². The van der Waals surface area contributed by atoms with Crippen molar-refractivity contribution >= 4 is 54.2 Å². The van der Waals surface area contributed by atoms with Gasteiger partial charge in [-0.2, -0.15) is 0 Å². The van der Waals surface area contributed by atoms with E-state index in [0.717, 1.165) is 33.7 Å². The van der Waals surface area contributed by atoms with Crippen LogP contribution in [0.1, 0.15) is 55.8 Å². The van der Waals surface area contributed by atoms with Crippen molar-refractivity contribution in [3.8, 4) is 28.2 Å². The van der Waals surface area contributed by atoms with E-state index in [2.05, 4.69) is 135 Å². The summed E-state index contributed by atoms with van der Waals surface area (Å²) in [7, 11) is 0. The van der Waals surface area contributed by atoms with E-state index in [1.54, 1.807) is 6.08 Å². The van der Waals surface area contributed by atoms with Crippen LogP contribution in [-0.4, -0.2) is 14.5 Å². The topological polar surface area (TPSA) is 30.7 Å². The molecule has 1 aliphatic heterocycles. The molecular weight excluding hydrogens is 603 g/mol. The summed E-state index contributed by atoms with van der Waals surface area (Å²) >= 11 is 1.90. The number of hydrogen-bond acceptors (Lipinski definition) is 3. The number of nitrogens with zero attached hydrogens (tertiary/aromatic N) is 3. The molecule has 0 radical (unpaired) electrons. The van der Waals surface area contributed by atoms with Crippen molar-refractivity contribution in [1.82, 2.24) is 14.5 Å². The van der Waals surface area contributed by atoms with Gasteiger partial charge in [0, 0.05) is 32.0 Å². The summed E-state index contributed by atoms with van der Waals surface area (Å²) in [5, 5.41) is 2.66. The Kier molecular flexibility index (Phi) is 7.15. The number of allylic oxidation sites excluding steroid dienone is 6. The molecule has 0 aliphatic carbocycles. The first-order chi connectivity index (χ1) is 23.3. The summed E-state index contributed by atoms with van der Waals surface area (Å²) in [6.45, 7) is 14.7. The summed E-state index contributed by atoms with van der Waals surface area (Å²) in [5.74, 6) is 0.714. The molecule has 234 valence electrons. The van der Waals surface area contributed by atoms with E-state index in [0.29, 0.717) is 5.82 Å². The molecule has 3 aromatic heterocycles. The Morgan fingerprint density at radius 1 is 0.812 bits per heavy atom. The highest BCUT2D eigenvalue weighted by atomic mass is 32.1. The maximum atomic E-state index is 5.13. The van der Waals surface area contributed by atoms with E-state index in [-0.39, 0.29) is 5.41 Å². The number of para-hydroxylation sites is 1. The molecule has 0 N–H and O–H groups in total. The molecule has 0 bridgehead atoms. The molecule has 3 nitrogen and oxygen atoms in total. The van der Waals surface area contributed by atoms with Gasteiger partial charge >= 0.3 is 0 Å². The van der Waals surface area contributed by atoms with Crippen molar-refractivity contribution in [2.75, 3.05) is 0 Å². The third-order valence-corrected chi connectivity index (χ3v) is 11.0. The lowest BCUT2D eigenvalue weighted by atomic mass is 9.74. The lowest BCUT2D eigenvalue weighted by molar-refractivity contribution is 0.630. The van der Waals surface area contributed by atoms with Crippen LogP contribution in [0.2, 0.25) is 0 Å². The number of rotatable bonds is 6. The molecule has 4 heteroatoms. The highest BCUT2D eigenvalue weighted by molar-refractivity contribution is 7.26. The van der Waals surface area contributed by atoms with E-state index < -0.39 is 0 Å². The zero-order valence-corrected chi connectivity index (χ0v) is 28.8. The van der Waals surface area contributed by atoms with Crippen LogP contribution in [0.25, 0.3) is 71.1 Å². The van der Waals surface area contributed by atoms with Gasteiger partial charge in [-0.05, 0) is 78.9 Å². The summed E-state index contributed by atoms with van der Waals surface area (Å²) < 4.78 is 5.23. The molecule has 8 rings (SSSR count). The molecule has 4 aromatic carbocycles. The van der Waals surface area contributed by atoms with Crippen LogP contribution in [0.3, 0.4) is 0 Å². The molecule has 1 aliphatic rings. The van der Waals surface area contributed by atoms with Crippen molar-refractivity contribution in [2.45, 2.75) is 40.0 Å². The number of fused-ring (bicyclic) bond motifs is 7. The van der Waals surface area contributed by atoms with Gasteiger partial charge in [0.15, 0.2) is 5.82 Å². The van der Waals surface area contributed by atoms with E-state index in [1.165, 1.54) is 53.6 Å². The second kappa shape index (κ2) is 11.4. The standard InChI is InChI=1S/C44H37N3S/c1-7-10-16-28(9-3)39-27(4)36(15-8-2)45-43(46-39)31-18-13-17-29(25-31)30-23-24-37-35(26-30)44(5,6)34-21-14-20-33-40(34)47(37)41-32-19-11-12-22-38(32)48-42(33)41/h7-26H,1H2,2-6H3/b15-8-,16-10-,28-9+. The first-order valence-corrected chi connectivity index (χ1v) is 17.3. The molecule has 0 spiro atoms. The molecule has 0 fully saturated rings. The van der Waals surface area contributed by atoms with Gasteiger partial charge in [-0.3, -0.25) is 0 Å². The Balaban J connectivity index is 1.30. The van der Waals surface area contributed by atoms with Crippen LogP contribution >= 0.6 is 11.3 Å². The van der Waals surface area contributed by atoms with Gasteiger partial charge in [-0.25, -0.2) is 9.97 Å². The predicted octanol–water partition coefficient (Wildman–Crippen LogP) is 12.2. The summed E-state index contributed by atoms with van der Waals surface area (Å²) in [5.41, 5.74) is 13.7. The number of thiophene rings is 1. The average Bonchev–Trinajstić information content (AvgIpc) is 3.64. The van der Waals surface area contributed by atoms with E-state index in [9.17, 15) is 0 Å². The van der Waals surface area contributed by atoms with Crippen molar-refractivity contribution in [3.63, 3.8) is 0 Å². The maximum Gasteiger partial charge on any atom is 0.160 e. The van der Waals surface area contributed by atoms with Gasteiger partial charge in [0.25, 0.3) is 0 Å². The van der Waals surface area contributed by atoms with Gasteiger partial charge in [0.05, 0.1) is 32.8 Å². The highest BCUT2D eigenvalue weighted by Gasteiger charge is 2.36. The van der Waals surface area contributed by atoms with Crippen LogP contribution in [0.4, 0.5) is 0 Å². The van der Waals surface area contributed by atoms with Crippen LogP contribution in [0.5, 0.6) is 0 Å². The number of aromatic nitrogens is 3. The molecule has 4 heterocycles. The summed E-state index contributed by atoms with van der Waals surface area (Å²) in [6.07, 6.45) is 12.0. The van der Waals surface area contributed by atoms with Gasteiger partial charge in [0.2, 0.25) is 0 Å². The second-order valence-corrected chi connectivity index (χ2v) is 14.0. The molecule has 0 unspecified atom stereocenters. The highest BCUT2D eigenvalue weighted by Crippen LogP contribution is 2.51. The first kappa shape index (κ1) is 30.0. The van der Waals surface area contributed by atoms with E-state index in [1.807, 2.05) is 37.3 Å². The fourth-order valence-corrected chi connectivity index (χ4v) is 8.62. The quantitative estimate of drug-likeness (QED) is 0.170. The van der Waals surface area contributed by atoms with E-state index >= 15 is 0 Å². The molecule has 48 heavy (non-hydrogen) atoms. The summed E-state index contributed by atoms with van der Waals surface area (Å²) in [4.78, 5) is 10.2. The van der Waals surface area contributed by atoms with Crippen LogP contribution in [0, 0.1) is 6.92 Å². The van der Waals surface area contributed by atoms with Crippen LogP contribution < -0.4 is 0 Å². The zero-order chi connectivity index (χ0) is 33.2. The average molecular weight is 640 g/mol. The molecule has 0 saturated carbocycles. The second-order valence-electron chi connectivity index (χ2n) is 13.0. The smallest absolute Gasteiger partial charge is 0.160 e. The minimum atomic E-state index is -0.174. The van der Waals surface area contributed by atoms with E-state index in [4.69, 9.17) is 9.97 Å². The largest absolute Gasteiger partial charge is 0.307 e. The Labute approximate surface area is 285 Å². The Morgan fingerprint density at radius 2 is 1.58 bits per heavy atom. The van der Waals surface area contributed by atoms with Crippen molar-refractivity contribution < 1.29 is 0 Å². The third kappa shape index (κ3) is 4.47. The third-order valence-electron chi connectivity index (χ3n) is 9.84. The molecule has 0 amide bonds. The molecular formula is C44H37N3S. The molecule has 0 atom stereocenters. The van der Waals surface area contributed by atoms with Crippen molar-refractivity contribution in [1.29, 1.82) is 0 Å². The summed E-state index contributed by atoms with van der Waals surface area (Å²) in [6, 6.07) is 31.3. The van der Waals surface area contributed by atoms with Crippen LogP contribution in [0.15, 0.2) is 122 Å². The Morgan fingerprint density at radius 3 is 2.40 bits per heavy atom. The zero-order valence-electron chi connectivity index (χ0n) is 28.0. The first-order valence-electron chi connectivity index (χ1n) is 16.5. The lowest BCUT2D eigenvalue weighted by Gasteiger charge is -2.35. The number of benzene rings is 4. The van der Waals surface area contributed by atoms with Gasteiger partial charge in [0.1, 0.15) is 0 Å². The molecule has 7 aromatic rings. The van der Waals surface area contributed by atoms with Gasteiger partial charge in [-0.1, -0.05) is 111 Å².